The van der Waals surface area contributed by atoms with Gasteiger partial charge >= 0.3 is 0 Å². The molecule has 4 rings (SSSR count). The van der Waals surface area contributed by atoms with Crippen LogP contribution in [0.4, 0.5) is 14.6 Å². The standard InChI is InChI=1S/C24H26F2N4O2/c1-32-23(17-6-3-2-4-7-17)24(31)28-21-10-13-27-30(21)19-11-14-29(15-12-19)16-18-8-5-9-20(25)22(18)26/h2-10,13,19,23H,11-12,14-16H2,1H3,(H,28,31). The van der Waals surface area contributed by atoms with E-state index in [1.165, 1.54) is 13.2 Å². The number of methoxy groups -OCH3 is 1. The fourth-order valence-corrected chi connectivity index (χ4v) is 4.15. The zero-order valence-corrected chi connectivity index (χ0v) is 17.9. The van der Waals surface area contributed by atoms with E-state index in [4.69, 9.17) is 4.74 Å². The van der Waals surface area contributed by atoms with Crippen LogP contribution in [0, 0.1) is 11.6 Å². The smallest absolute Gasteiger partial charge is 0.259 e. The lowest BCUT2D eigenvalue weighted by molar-refractivity contribution is -0.126. The second-order valence-corrected chi connectivity index (χ2v) is 7.90. The first kappa shape index (κ1) is 22.1. The molecule has 0 saturated carbocycles. The zero-order chi connectivity index (χ0) is 22.5. The molecular weight excluding hydrogens is 414 g/mol. The Morgan fingerprint density at radius 3 is 2.59 bits per heavy atom. The third kappa shape index (κ3) is 4.87. The molecule has 1 aromatic heterocycles. The lowest BCUT2D eigenvalue weighted by Gasteiger charge is -2.32. The first-order valence-corrected chi connectivity index (χ1v) is 10.6. The number of likely N-dealkylation sites (tertiary alicyclic amines) is 1. The minimum absolute atomic E-state index is 0.103. The van der Waals surface area contributed by atoms with Crippen LogP contribution < -0.4 is 5.32 Å². The summed E-state index contributed by atoms with van der Waals surface area (Å²) in [7, 11) is 1.51. The van der Waals surface area contributed by atoms with Crippen LogP contribution in [0.3, 0.4) is 0 Å². The van der Waals surface area contributed by atoms with Gasteiger partial charge in [-0.2, -0.15) is 5.10 Å². The zero-order valence-electron chi connectivity index (χ0n) is 17.9. The van der Waals surface area contributed by atoms with Gasteiger partial charge in [0.15, 0.2) is 17.7 Å². The molecule has 1 fully saturated rings. The van der Waals surface area contributed by atoms with Crippen LogP contribution in [0.1, 0.15) is 36.1 Å². The van der Waals surface area contributed by atoms with E-state index in [0.717, 1.165) is 37.6 Å². The van der Waals surface area contributed by atoms with Crippen molar-refractivity contribution in [3.63, 3.8) is 0 Å². The van der Waals surface area contributed by atoms with E-state index in [1.54, 1.807) is 18.3 Å². The number of anilines is 1. The maximum atomic E-state index is 14.0. The molecule has 1 aliphatic heterocycles. The van der Waals surface area contributed by atoms with Gasteiger partial charge in [-0.05, 0) is 24.5 Å². The summed E-state index contributed by atoms with van der Waals surface area (Å²) in [5, 5.41) is 7.35. The van der Waals surface area contributed by atoms with Gasteiger partial charge in [0.2, 0.25) is 0 Å². The minimum Gasteiger partial charge on any atom is -0.367 e. The van der Waals surface area contributed by atoms with E-state index >= 15 is 0 Å². The monoisotopic (exact) mass is 440 g/mol. The van der Waals surface area contributed by atoms with E-state index < -0.39 is 17.7 Å². The van der Waals surface area contributed by atoms with Crippen molar-refractivity contribution in [3.8, 4) is 0 Å². The molecule has 0 aliphatic carbocycles. The fraction of sp³-hybridized carbons (Fsp3) is 0.333. The molecule has 1 aliphatic rings. The maximum Gasteiger partial charge on any atom is 0.259 e. The molecule has 32 heavy (non-hydrogen) atoms. The van der Waals surface area contributed by atoms with Crippen LogP contribution in [-0.4, -0.2) is 40.8 Å². The second kappa shape index (κ2) is 10.0. The van der Waals surface area contributed by atoms with Crippen molar-refractivity contribution in [3.05, 3.63) is 83.6 Å². The molecule has 1 atom stereocenters. The number of piperidine rings is 1. The van der Waals surface area contributed by atoms with Crippen LogP contribution in [0.2, 0.25) is 0 Å². The highest BCUT2D eigenvalue weighted by Gasteiger charge is 2.26. The van der Waals surface area contributed by atoms with Gasteiger partial charge in [-0.3, -0.25) is 9.69 Å². The third-order valence-corrected chi connectivity index (χ3v) is 5.83. The second-order valence-electron chi connectivity index (χ2n) is 7.90. The molecule has 8 heteroatoms. The van der Waals surface area contributed by atoms with Gasteiger partial charge in [-0.1, -0.05) is 42.5 Å². The van der Waals surface area contributed by atoms with E-state index in [-0.39, 0.29) is 11.9 Å². The number of aromatic nitrogens is 2. The van der Waals surface area contributed by atoms with Gasteiger partial charge in [0.1, 0.15) is 5.82 Å². The molecule has 168 valence electrons. The number of carbonyl (C=O) groups excluding carboxylic acids is 1. The number of ether oxygens (including phenoxy) is 1. The molecular formula is C24H26F2N4O2. The Hall–Kier alpha value is -3.10. The van der Waals surface area contributed by atoms with Crippen molar-refractivity contribution in [2.75, 3.05) is 25.5 Å². The number of nitrogens with one attached hydrogen (secondary N) is 1. The van der Waals surface area contributed by atoms with Gasteiger partial charge in [-0.25, -0.2) is 13.5 Å². The molecule has 1 saturated heterocycles. The van der Waals surface area contributed by atoms with Crippen molar-refractivity contribution < 1.29 is 18.3 Å². The predicted molar refractivity (Wildman–Crippen MR) is 117 cm³/mol. The SMILES string of the molecule is COC(C(=O)Nc1ccnn1C1CCN(Cc2cccc(F)c2F)CC1)c1ccccc1. The van der Waals surface area contributed by atoms with Gasteiger partial charge in [0, 0.05) is 38.4 Å². The summed E-state index contributed by atoms with van der Waals surface area (Å²) in [5.41, 5.74) is 1.14. The number of rotatable bonds is 7. The number of carbonyl (C=O) groups is 1. The summed E-state index contributed by atoms with van der Waals surface area (Å²) in [4.78, 5) is 14.9. The predicted octanol–water partition coefficient (Wildman–Crippen LogP) is 4.32. The highest BCUT2D eigenvalue weighted by molar-refractivity contribution is 5.94. The number of hydrogen-bond donors (Lipinski definition) is 1. The number of benzene rings is 2. The van der Waals surface area contributed by atoms with E-state index in [1.807, 2.05) is 35.0 Å². The highest BCUT2D eigenvalue weighted by Crippen LogP contribution is 2.28. The lowest BCUT2D eigenvalue weighted by atomic mass is 10.0. The molecule has 1 N–H and O–H groups in total. The largest absolute Gasteiger partial charge is 0.367 e. The van der Waals surface area contributed by atoms with Gasteiger partial charge < -0.3 is 10.1 Å². The van der Waals surface area contributed by atoms with Crippen molar-refractivity contribution in [2.45, 2.75) is 31.5 Å². The molecule has 6 nitrogen and oxygen atoms in total. The number of nitrogens with zero attached hydrogens (tertiary/aromatic N) is 3. The molecule has 2 aromatic carbocycles. The van der Waals surface area contributed by atoms with Crippen LogP contribution >= 0.6 is 0 Å². The van der Waals surface area contributed by atoms with Gasteiger partial charge in [0.05, 0.1) is 12.2 Å². The quantitative estimate of drug-likeness (QED) is 0.594. The molecule has 2 heterocycles. The fourth-order valence-electron chi connectivity index (χ4n) is 4.15. The third-order valence-electron chi connectivity index (χ3n) is 5.83. The average molecular weight is 440 g/mol. The molecule has 1 unspecified atom stereocenters. The summed E-state index contributed by atoms with van der Waals surface area (Å²) in [5.74, 6) is -1.25. The number of halogens is 2. The van der Waals surface area contributed by atoms with Crippen molar-refractivity contribution in [1.29, 1.82) is 0 Å². The van der Waals surface area contributed by atoms with E-state index in [9.17, 15) is 13.6 Å². The summed E-state index contributed by atoms with van der Waals surface area (Å²) in [6, 6.07) is 15.5. The molecule has 3 aromatic rings. The summed E-state index contributed by atoms with van der Waals surface area (Å²) >= 11 is 0. The topological polar surface area (TPSA) is 59.4 Å². The van der Waals surface area contributed by atoms with E-state index in [2.05, 4.69) is 15.3 Å². The first-order valence-electron chi connectivity index (χ1n) is 10.6. The Kier molecular flexibility index (Phi) is 6.92. The molecule has 0 radical (unpaired) electrons. The Balaban J connectivity index is 1.38. The first-order chi connectivity index (χ1) is 15.6. The maximum absolute atomic E-state index is 14.0. The molecule has 1 amide bonds. The number of hydrogen-bond acceptors (Lipinski definition) is 4. The van der Waals surface area contributed by atoms with E-state index in [0.29, 0.717) is 17.9 Å². The molecule has 0 spiro atoms. The van der Waals surface area contributed by atoms with Gasteiger partial charge in [-0.15, -0.1) is 0 Å². The van der Waals surface area contributed by atoms with Crippen LogP contribution in [-0.2, 0) is 16.1 Å². The molecule has 0 bridgehead atoms. The number of amides is 1. The van der Waals surface area contributed by atoms with Crippen LogP contribution in [0.25, 0.3) is 0 Å². The van der Waals surface area contributed by atoms with Gasteiger partial charge in [0.25, 0.3) is 5.91 Å². The summed E-state index contributed by atoms with van der Waals surface area (Å²) in [6.45, 7) is 1.81. The normalized spacial score (nSPS) is 16.1. The Morgan fingerprint density at radius 1 is 1.12 bits per heavy atom. The van der Waals surface area contributed by atoms with Crippen molar-refractivity contribution >= 4 is 11.7 Å². The lowest BCUT2D eigenvalue weighted by Crippen LogP contribution is -2.35. The summed E-state index contributed by atoms with van der Waals surface area (Å²) in [6.07, 6.45) is 2.51. The Morgan fingerprint density at radius 2 is 1.88 bits per heavy atom. The minimum atomic E-state index is -0.820. The average Bonchev–Trinajstić information content (AvgIpc) is 3.27. The van der Waals surface area contributed by atoms with Crippen LogP contribution in [0.15, 0.2) is 60.8 Å². The summed E-state index contributed by atoms with van der Waals surface area (Å²) < 4.78 is 34.7. The van der Waals surface area contributed by atoms with Crippen LogP contribution in [0.5, 0.6) is 0 Å². The Bertz CT molecular complexity index is 1050. The van der Waals surface area contributed by atoms with Crippen molar-refractivity contribution in [2.24, 2.45) is 0 Å². The Labute approximate surface area is 185 Å². The highest BCUT2D eigenvalue weighted by atomic mass is 19.2. The van der Waals surface area contributed by atoms with Crippen molar-refractivity contribution in [1.82, 2.24) is 14.7 Å².